The fourth-order valence-corrected chi connectivity index (χ4v) is 3.14. The molecule has 18 heavy (non-hydrogen) atoms. The van der Waals surface area contributed by atoms with Crippen LogP contribution in [0.4, 0.5) is 0 Å². The van der Waals surface area contributed by atoms with Gasteiger partial charge in [0.1, 0.15) is 11.9 Å². The van der Waals surface area contributed by atoms with E-state index in [1.54, 1.807) is 0 Å². The van der Waals surface area contributed by atoms with Gasteiger partial charge in [-0.25, -0.2) is 0 Å². The molecule has 1 saturated heterocycles. The van der Waals surface area contributed by atoms with Crippen molar-refractivity contribution in [1.29, 1.82) is 0 Å². The Bertz CT molecular complexity index is 443. The lowest BCUT2D eigenvalue weighted by molar-refractivity contribution is 0.208. The molecule has 0 spiro atoms. The fraction of sp³-hybridized carbons (Fsp3) is 0.571. The third-order valence-corrected chi connectivity index (χ3v) is 4.38. The number of hydrogen-bond acceptors (Lipinski definition) is 3. The summed E-state index contributed by atoms with van der Waals surface area (Å²) < 4.78 is 7.09. The number of benzene rings is 1. The van der Waals surface area contributed by atoms with E-state index in [2.05, 4.69) is 45.6 Å². The van der Waals surface area contributed by atoms with Crippen LogP contribution in [0.2, 0.25) is 0 Å². The molecule has 2 atom stereocenters. The molecule has 0 radical (unpaired) electrons. The second-order valence-corrected chi connectivity index (χ2v) is 6.48. The summed E-state index contributed by atoms with van der Waals surface area (Å²) in [5.74, 6) is 1.04. The number of halogens is 1. The zero-order valence-electron chi connectivity index (χ0n) is 10.6. The highest BCUT2D eigenvalue weighted by atomic mass is 79.9. The molecule has 0 aliphatic carbocycles. The molecule has 3 rings (SSSR count). The van der Waals surface area contributed by atoms with Crippen LogP contribution in [0.1, 0.15) is 18.9 Å². The molecular formula is C14H19BrN2O. The summed E-state index contributed by atoms with van der Waals surface area (Å²) in [4.78, 5) is 0. The largest absolute Gasteiger partial charge is 0.488 e. The van der Waals surface area contributed by atoms with Crippen molar-refractivity contribution in [3.63, 3.8) is 0 Å². The minimum Gasteiger partial charge on any atom is -0.488 e. The zero-order chi connectivity index (χ0) is 12.6. The van der Waals surface area contributed by atoms with Gasteiger partial charge in [0.25, 0.3) is 0 Å². The van der Waals surface area contributed by atoms with Crippen molar-refractivity contribution in [3.8, 4) is 5.75 Å². The van der Waals surface area contributed by atoms with Crippen LogP contribution in [0.5, 0.6) is 5.75 Å². The van der Waals surface area contributed by atoms with Crippen LogP contribution in [-0.2, 0) is 6.42 Å². The van der Waals surface area contributed by atoms with E-state index in [1.807, 2.05) is 6.07 Å². The van der Waals surface area contributed by atoms with E-state index in [4.69, 9.17) is 4.74 Å². The Morgan fingerprint density at radius 1 is 1.56 bits per heavy atom. The summed E-state index contributed by atoms with van der Waals surface area (Å²) in [5, 5.41) is 7.05. The molecule has 0 bridgehead atoms. The van der Waals surface area contributed by atoms with E-state index < -0.39 is 0 Å². The molecule has 2 aliphatic heterocycles. The molecule has 0 saturated carbocycles. The molecule has 2 N–H and O–H groups in total. The number of nitrogens with one attached hydrogen (secondary N) is 2. The monoisotopic (exact) mass is 310 g/mol. The zero-order valence-corrected chi connectivity index (χ0v) is 12.2. The average molecular weight is 311 g/mol. The van der Waals surface area contributed by atoms with Crippen molar-refractivity contribution in [3.05, 3.63) is 28.2 Å². The Hall–Kier alpha value is -0.580. The number of hydrogen-bond donors (Lipinski definition) is 2. The SMILES string of the molecule is CC1(NCC2Cc3cc(Br)ccc3O2)CCNC1. The molecule has 2 aliphatic rings. The van der Waals surface area contributed by atoms with Gasteiger partial charge in [0.15, 0.2) is 0 Å². The summed E-state index contributed by atoms with van der Waals surface area (Å²) in [7, 11) is 0. The minimum absolute atomic E-state index is 0.235. The first-order valence-corrected chi connectivity index (χ1v) is 7.35. The summed E-state index contributed by atoms with van der Waals surface area (Å²) in [6, 6.07) is 6.25. The maximum atomic E-state index is 5.96. The van der Waals surface area contributed by atoms with Crippen LogP contribution in [0.15, 0.2) is 22.7 Å². The van der Waals surface area contributed by atoms with Crippen molar-refractivity contribution in [1.82, 2.24) is 10.6 Å². The van der Waals surface area contributed by atoms with Gasteiger partial charge in [-0.15, -0.1) is 0 Å². The molecule has 2 unspecified atom stereocenters. The van der Waals surface area contributed by atoms with Crippen molar-refractivity contribution in [2.75, 3.05) is 19.6 Å². The van der Waals surface area contributed by atoms with Crippen molar-refractivity contribution in [2.24, 2.45) is 0 Å². The summed E-state index contributed by atoms with van der Waals surface area (Å²) in [5.41, 5.74) is 1.55. The van der Waals surface area contributed by atoms with E-state index in [-0.39, 0.29) is 11.6 Å². The maximum Gasteiger partial charge on any atom is 0.123 e. The van der Waals surface area contributed by atoms with Gasteiger partial charge in [0.2, 0.25) is 0 Å². The molecule has 1 aromatic carbocycles. The summed E-state index contributed by atoms with van der Waals surface area (Å²) in [6.45, 7) is 5.37. The molecule has 0 aromatic heterocycles. The van der Waals surface area contributed by atoms with E-state index in [0.29, 0.717) is 0 Å². The molecule has 2 heterocycles. The van der Waals surface area contributed by atoms with Gasteiger partial charge in [-0.2, -0.15) is 0 Å². The van der Waals surface area contributed by atoms with Gasteiger partial charge in [0, 0.05) is 29.5 Å². The third kappa shape index (κ3) is 2.56. The van der Waals surface area contributed by atoms with Gasteiger partial charge in [0.05, 0.1) is 0 Å². The maximum absolute atomic E-state index is 5.96. The van der Waals surface area contributed by atoms with Crippen LogP contribution in [0, 0.1) is 0 Å². The Morgan fingerprint density at radius 2 is 2.44 bits per heavy atom. The van der Waals surface area contributed by atoms with Crippen LogP contribution in [0.25, 0.3) is 0 Å². The van der Waals surface area contributed by atoms with Crippen LogP contribution in [0.3, 0.4) is 0 Å². The van der Waals surface area contributed by atoms with E-state index in [9.17, 15) is 0 Å². The highest BCUT2D eigenvalue weighted by molar-refractivity contribution is 9.10. The molecule has 3 nitrogen and oxygen atoms in total. The molecule has 1 fully saturated rings. The van der Waals surface area contributed by atoms with Gasteiger partial charge >= 0.3 is 0 Å². The quantitative estimate of drug-likeness (QED) is 0.897. The second-order valence-electron chi connectivity index (χ2n) is 5.56. The Balaban J connectivity index is 1.58. The van der Waals surface area contributed by atoms with Gasteiger partial charge in [-0.05, 0) is 43.7 Å². The summed E-state index contributed by atoms with van der Waals surface area (Å²) >= 11 is 3.51. The van der Waals surface area contributed by atoms with Crippen LogP contribution in [-0.4, -0.2) is 31.3 Å². The van der Waals surface area contributed by atoms with E-state index in [1.165, 1.54) is 12.0 Å². The first kappa shape index (κ1) is 12.5. The van der Waals surface area contributed by atoms with E-state index >= 15 is 0 Å². The van der Waals surface area contributed by atoms with Gasteiger partial charge < -0.3 is 15.4 Å². The molecule has 0 amide bonds. The lowest BCUT2D eigenvalue weighted by Crippen LogP contribution is -2.48. The Kier molecular flexibility index (Phi) is 3.34. The topological polar surface area (TPSA) is 33.3 Å². The van der Waals surface area contributed by atoms with Crippen molar-refractivity contribution >= 4 is 15.9 Å². The molecule has 98 valence electrons. The minimum atomic E-state index is 0.235. The van der Waals surface area contributed by atoms with Gasteiger partial charge in [-0.3, -0.25) is 0 Å². The first-order valence-electron chi connectivity index (χ1n) is 6.55. The lowest BCUT2D eigenvalue weighted by Gasteiger charge is -2.26. The third-order valence-electron chi connectivity index (χ3n) is 3.89. The smallest absolute Gasteiger partial charge is 0.123 e. The predicted molar refractivity (Wildman–Crippen MR) is 76.2 cm³/mol. The second kappa shape index (κ2) is 4.83. The average Bonchev–Trinajstić information content (AvgIpc) is 2.93. The van der Waals surface area contributed by atoms with E-state index in [0.717, 1.165) is 36.3 Å². The normalized spacial score (nSPS) is 30.2. The number of rotatable bonds is 3. The standard InChI is InChI=1S/C14H19BrN2O/c1-14(4-5-16-9-14)17-8-12-7-10-6-11(15)2-3-13(10)18-12/h2-3,6,12,16-17H,4-5,7-9H2,1H3. The van der Waals surface area contributed by atoms with Crippen molar-refractivity contribution in [2.45, 2.75) is 31.4 Å². The number of fused-ring (bicyclic) bond motifs is 1. The van der Waals surface area contributed by atoms with Gasteiger partial charge in [-0.1, -0.05) is 15.9 Å². The predicted octanol–water partition coefficient (Wildman–Crippen LogP) is 2.09. The highest BCUT2D eigenvalue weighted by Crippen LogP contribution is 2.31. The molecule has 4 heteroatoms. The molecule has 1 aromatic rings. The Labute approximate surface area is 116 Å². The fourth-order valence-electron chi connectivity index (χ4n) is 2.73. The van der Waals surface area contributed by atoms with Crippen LogP contribution >= 0.6 is 15.9 Å². The highest BCUT2D eigenvalue weighted by Gasteiger charge is 2.30. The molecular weight excluding hydrogens is 292 g/mol. The Morgan fingerprint density at radius 3 is 3.22 bits per heavy atom. The first-order chi connectivity index (χ1) is 8.65. The van der Waals surface area contributed by atoms with Crippen LogP contribution < -0.4 is 15.4 Å². The lowest BCUT2D eigenvalue weighted by atomic mass is 10.0. The number of ether oxygens (including phenoxy) is 1. The van der Waals surface area contributed by atoms with Crippen molar-refractivity contribution < 1.29 is 4.74 Å². The summed E-state index contributed by atoms with van der Waals surface area (Å²) in [6.07, 6.45) is 2.47.